The maximum Gasteiger partial charge on any atom is 0.240 e. The van der Waals surface area contributed by atoms with Gasteiger partial charge in [-0.25, -0.2) is 4.99 Å². The molecule has 3 rings (SSSR count). The van der Waals surface area contributed by atoms with Crippen molar-refractivity contribution in [3.63, 3.8) is 0 Å². The van der Waals surface area contributed by atoms with Crippen LogP contribution in [0.3, 0.4) is 0 Å². The molecule has 0 atom stereocenters. The summed E-state index contributed by atoms with van der Waals surface area (Å²) in [5.41, 5.74) is 4.40. The van der Waals surface area contributed by atoms with Crippen LogP contribution in [-0.4, -0.2) is 30.6 Å². The van der Waals surface area contributed by atoms with Crippen LogP contribution in [0.1, 0.15) is 42.7 Å². The Morgan fingerprint density at radius 2 is 2.04 bits per heavy atom. The van der Waals surface area contributed by atoms with Gasteiger partial charge >= 0.3 is 0 Å². The summed E-state index contributed by atoms with van der Waals surface area (Å²) in [4.78, 5) is 32.9. The predicted octanol–water partition coefficient (Wildman–Crippen LogP) is 4.38. The van der Waals surface area contributed by atoms with Gasteiger partial charge in [-0.1, -0.05) is 19.9 Å². The van der Waals surface area contributed by atoms with Crippen molar-refractivity contribution in [1.29, 1.82) is 0 Å². The van der Waals surface area contributed by atoms with E-state index in [2.05, 4.69) is 19.2 Å². The molecule has 1 aromatic carbocycles. The minimum atomic E-state index is -0.141. The van der Waals surface area contributed by atoms with Gasteiger partial charge in [-0.15, -0.1) is 11.3 Å². The molecule has 1 aliphatic rings. The Kier molecular flexibility index (Phi) is 6.29. The molecule has 148 valence electrons. The van der Waals surface area contributed by atoms with Crippen LogP contribution in [0, 0.1) is 19.8 Å². The predicted molar refractivity (Wildman–Crippen MR) is 116 cm³/mol. The maximum absolute atomic E-state index is 13.1. The first-order valence-electron chi connectivity index (χ1n) is 9.65. The van der Waals surface area contributed by atoms with Crippen molar-refractivity contribution in [2.24, 2.45) is 10.9 Å². The number of thiophene rings is 1. The molecule has 2 amide bonds. The van der Waals surface area contributed by atoms with E-state index < -0.39 is 0 Å². The normalized spacial score (nSPS) is 14.0. The molecule has 2 aromatic rings. The molecule has 1 N–H and O–H groups in total. The molecule has 0 unspecified atom stereocenters. The average molecular weight is 398 g/mol. The number of aliphatic imine (C=N–C) groups is 1. The van der Waals surface area contributed by atoms with Crippen LogP contribution < -0.4 is 10.2 Å². The number of hydrogen-bond donors (Lipinski definition) is 1. The second-order valence-electron chi connectivity index (χ2n) is 7.65. The summed E-state index contributed by atoms with van der Waals surface area (Å²) in [6.07, 6.45) is 1.10. The van der Waals surface area contributed by atoms with Crippen molar-refractivity contribution in [2.45, 2.75) is 40.5 Å². The highest BCUT2D eigenvalue weighted by Gasteiger charge is 2.27. The first kappa shape index (κ1) is 20.3. The Morgan fingerprint density at radius 3 is 2.71 bits per heavy atom. The van der Waals surface area contributed by atoms with E-state index in [0.717, 1.165) is 33.8 Å². The van der Waals surface area contributed by atoms with E-state index in [9.17, 15) is 9.59 Å². The Labute approximate surface area is 170 Å². The fourth-order valence-corrected chi connectivity index (χ4v) is 3.82. The number of hydrogen-bond acceptors (Lipinski definition) is 4. The Hall–Kier alpha value is -2.47. The van der Waals surface area contributed by atoms with E-state index in [1.807, 2.05) is 43.5 Å². The van der Waals surface area contributed by atoms with Crippen molar-refractivity contribution in [3.05, 3.63) is 45.6 Å². The number of nitrogens with zero attached hydrogens (tertiary/aromatic N) is 2. The molecule has 2 heterocycles. The van der Waals surface area contributed by atoms with E-state index in [4.69, 9.17) is 4.99 Å². The summed E-state index contributed by atoms with van der Waals surface area (Å²) < 4.78 is 0. The zero-order valence-electron chi connectivity index (χ0n) is 16.9. The third-order valence-corrected chi connectivity index (χ3v) is 5.83. The number of carbonyl (C=O) groups is 2. The van der Waals surface area contributed by atoms with Gasteiger partial charge in [-0.3, -0.25) is 9.59 Å². The third kappa shape index (κ3) is 4.68. The van der Waals surface area contributed by atoms with Gasteiger partial charge < -0.3 is 10.2 Å². The number of rotatable bonds is 6. The van der Waals surface area contributed by atoms with Crippen LogP contribution in [0.25, 0.3) is 0 Å². The molecular weight excluding hydrogens is 370 g/mol. The summed E-state index contributed by atoms with van der Waals surface area (Å²) >= 11 is 1.57. The maximum atomic E-state index is 13.1. The lowest BCUT2D eigenvalue weighted by atomic mass is 10.1. The number of aryl methyl sites for hydroxylation is 2. The molecule has 5 nitrogen and oxygen atoms in total. The molecule has 1 aromatic heterocycles. The SMILES string of the molecule is Cc1cc2c(cc1C)N(CC(=O)NCCC(C)C)C(=O)CC(c1cccs1)=N2. The van der Waals surface area contributed by atoms with Gasteiger partial charge in [0.1, 0.15) is 6.54 Å². The van der Waals surface area contributed by atoms with Crippen molar-refractivity contribution >= 4 is 40.2 Å². The second kappa shape index (κ2) is 8.69. The molecule has 28 heavy (non-hydrogen) atoms. The number of carbonyl (C=O) groups excluding carboxylic acids is 2. The Morgan fingerprint density at radius 1 is 1.29 bits per heavy atom. The molecule has 6 heteroatoms. The zero-order chi connectivity index (χ0) is 20.3. The summed E-state index contributed by atoms with van der Waals surface area (Å²) in [6.45, 7) is 8.92. The largest absolute Gasteiger partial charge is 0.355 e. The van der Waals surface area contributed by atoms with Gasteiger partial charge in [-0.2, -0.15) is 0 Å². The molecule has 0 bridgehead atoms. The van der Waals surface area contributed by atoms with Gasteiger partial charge in [0, 0.05) is 11.4 Å². The molecule has 0 saturated carbocycles. The van der Waals surface area contributed by atoms with Crippen LogP contribution in [0.2, 0.25) is 0 Å². The number of nitrogens with one attached hydrogen (secondary N) is 1. The molecule has 0 fully saturated rings. The number of benzene rings is 1. The molecular formula is C22H27N3O2S. The van der Waals surface area contributed by atoms with E-state index in [1.165, 1.54) is 0 Å². The van der Waals surface area contributed by atoms with Crippen molar-refractivity contribution in [2.75, 3.05) is 18.0 Å². The van der Waals surface area contributed by atoms with Crippen LogP contribution in [-0.2, 0) is 9.59 Å². The number of anilines is 1. The fraction of sp³-hybridized carbons (Fsp3) is 0.409. The average Bonchev–Trinajstić information content (AvgIpc) is 3.12. The van der Waals surface area contributed by atoms with Crippen LogP contribution in [0.5, 0.6) is 0 Å². The van der Waals surface area contributed by atoms with Crippen LogP contribution >= 0.6 is 11.3 Å². The van der Waals surface area contributed by atoms with Gasteiger partial charge in [0.05, 0.1) is 23.5 Å². The minimum absolute atomic E-state index is 0.0136. The molecule has 1 aliphatic heterocycles. The second-order valence-corrected chi connectivity index (χ2v) is 8.60. The highest BCUT2D eigenvalue weighted by molar-refractivity contribution is 7.12. The number of fused-ring (bicyclic) bond motifs is 1. The van der Waals surface area contributed by atoms with Crippen molar-refractivity contribution in [3.8, 4) is 0 Å². The monoisotopic (exact) mass is 397 g/mol. The zero-order valence-corrected chi connectivity index (χ0v) is 17.7. The third-order valence-electron chi connectivity index (χ3n) is 4.91. The Bertz CT molecular complexity index is 901. The van der Waals surface area contributed by atoms with Crippen LogP contribution in [0.4, 0.5) is 11.4 Å². The lowest BCUT2D eigenvalue weighted by molar-refractivity contribution is -0.123. The smallest absolute Gasteiger partial charge is 0.240 e. The fourth-order valence-electron chi connectivity index (χ4n) is 3.11. The number of amides is 2. The van der Waals surface area contributed by atoms with E-state index in [1.54, 1.807) is 16.2 Å². The van der Waals surface area contributed by atoms with Gasteiger partial charge in [0.2, 0.25) is 11.8 Å². The van der Waals surface area contributed by atoms with Gasteiger partial charge in [-0.05, 0) is 60.9 Å². The van der Waals surface area contributed by atoms with E-state index in [0.29, 0.717) is 18.2 Å². The van der Waals surface area contributed by atoms with Crippen molar-refractivity contribution < 1.29 is 9.59 Å². The molecule has 0 spiro atoms. The summed E-state index contributed by atoms with van der Waals surface area (Å²) in [5.74, 6) is 0.277. The van der Waals surface area contributed by atoms with Gasteiger partial charge in [0.25, 0.3) is 0 Å². The van der Waals surface area contributed by atoms with Crippen molar-refractivity contribution in [1.82, 2.24) is 5.32 Å². The van der Waals surface area contributed by atoms with Crippen LogP contribution in [0.15, 0.2) is 34.6 Å². The topological polar surface area (TPSA) is 61.8 Å². The quantitative estimate of drug-likeness (QED) is 0.786. The lowest BCUT2D eigenvalue weighted by Crippen LogP contribution is -2.41. The van der Waals surface area contributed by atoms with E-state index >= 15 is 0 Å². The Balaban J connectivity index is 1.90. The lowest BCUT2D eigenvalue weighted by Gasteiger charge is -2.23. The summed E-state index contributed by atoms with van der Waals surface area (Å²) in [5, 5.41) is 4.91. The first-order chi connectivity index (χ1) is 13.3. The summed E-state index contributed by atoms with van der Waals surface area (Å²) in [7, 11) is 0. The highest BCUT2D eigenvalue weighted by Crippen LogP contribution is 2.36. The molecule has 0 radical (unpaired) electrons. The van der Waals surface area contributed by atoms with E-state index in [-0.39, 0.29) is 24.8 Å². The minimum Gasteiger partial charge on any atom is -0.355 e. The summed E-state index contributed by atoms with van der Waals surface area (Å²) in [6, 6.07) is 7.90. The van der Waals surface area contributed by atoms with Gasteiger partial charge in [0.15, 0.2) is 0 Å². The first-order valence-corrected chi connectivity index (χ1v) is 10.5. The highest BCUT2D eigenvalue weighted by atomic mass is 32.1. The standard InChI is InChI=1S/C22H27N3O2S/c1-14(2)7-8-23-21(26)13-25-19-11-16(4)15(3)10-17(19)24-18(12-22(25)27)20-6-5-9-28-20/h5-6,9-11,14H,7-8,12-13H2,1-4H3,(H,23,26). The molecule has 0 aliphatic carbocycles. The molecule has 0 saturated heterocycles.